The van der Waals surface area contributed by atoms with Crippen molar-refractivity contribution in [1.29, 1.82) is 0 Å². The molecule has 1 nitrogen and oxygen atoms in total. The molecule has 0 saturated heterocycles. The van der Waals surface area contributed by atoms with Gasteiger partial charge in [-0.2, -0.15) is 0 Å². The summed E-state index contributed by atoms with van der Waals surface area (Å²) >= 11 is 0. The molecule has 0 unspecified atom stereocenters. The van der Waals surface area contributed by atoms with E-state index in [-0.39, 0.29) is 0 Å². The fraction of sp³-hybridized carbons (Fsp3) is 0.0222. The van der Waals surface area contributed by atoms with Crippen molar-refractivity contribution in [3.05, 3.63) is 180 Å². The summed E-state index contributed by atoms with van der Waals surface area (Å²) in [6, 6.07) is 57.0. The molecule has 46 heavy (non-hydrogen) atoms. The Hall–Kier alpha value is -5.92. The second-order valence-corrected chi connectivity index (χ2v) is 12.0. The molecule has 0 aliphatic carbocycles. The van der Waals surface area contributed by atoms with Crippen molar-refractivity contribution in [3.8, 4) is 0 Å². The lowest BCUT2D eigenvalue weighted by Gasteiger charge is -2.20. The van der Waals surface area contributed by atoms with Crippen molar-refractivity contribution in [2.24, 2.45) is 0 Å². The van der Waals surface area contributed by atoms with Gasteiger partial charge in [-0.15, -0.1) is 0 Å². The van der Waals surface area contributed by atoms with Gasteiger partial charge in [-0.05, 0) is 126 Å². The highest BCUT2D eigenvalue weighted by molar-refractivity contribution is 6.00. The Morgan fingerprint density at radius 3 is 1.00 bits per heavy atom. The highest BCUT2D eigenvalue weighted by atomic mass is 15.1. The first-order valence-corrected chi connectivity index (χ1v) is 15.8. The maximum absolute atomic E-state index is 2.28. The van der Waals surface area contributed by atoms with Crippen LogP contribution in [0.3, 0.4) is 0 Å². The Kier molecular flexibility index (Phi) is 7.13. The molecule has 0 fully saturated rings. The van der Waals surface area contributed by atoms with Crippen LogP contribution < -0.4 is 4.90 Å². The maximum atomic E-state index is 2.28. The van der Waals surface area contributed by atoms with Gasteiger partial charge in [0.1, 0.15) is 0 Å². The molecule has 0 bridgehead atoms. The van der Waals surface area contributed by atoms with E-state index in [1.165, 1.54) is 65.3 Å². The number of benzene rings is 8. The standard InChI is InChI=1S/C45H33N/c1-46(44-22-16-32(17-23-44)10-12-34-14-20-40-28-36-6-2-4-8-38(36)30-42(40)26-34)45-24-18-33(19-25-45)11-13-35-15-21-41-29-37-7-3-5-9-39(37)31-43(41)27-35/h2-31H,1H3/b12-10+,13-11+. The van der Waals surface area contributed by atoms with Crippen LogP contribution in [0.5, 0.6) is 0 Å². The van der Waals surface area contributed by atoms with Crippen LogP contribution in [0.25, 0.3) is 67.4 Å². The van der Waals surface area contributed by atoms with Crippen molar-refractivity contribution in [1.82, 2.24) is 0 Å². The number of hydrogen-bond acceptors (Lipinski definition) is 1. The minimum atomic E-state index is 1.15. The highest BCUT2D eigenvalue weighted by Crippen LogP contribution is 2.28. The van der Waals surface area contributed by atoms with E-state index in [1.54, 1.807) is 0 Å². The molecule has 0 heterocycles. The van der Waals surface area contributed by atoms with Crippen LogP contribution in [0, 0.1) is 0 Å². The van der Waals surface area contributed by atoms with Gasteiger partial charge in [0.15, 0.2) is 0 Å². The van der Waals surface area contributed by atoms with Crippen molar-refractivity contribution < 1.29 is 0 Å². The van der Waals surface area contributed by atoms with Crippen molar-refractivity contribution in [2.75, 3.05) is 11.9 Å². The van der Waals surface area contributed by atoms with Crippen LogP contribution in [-0.2, 0) is 0 Å². The summed E-state index contributed by atoms with van der Waals surface area (Å²) < 4.78 is 0. The van der Waals surface area contributed by atoms with Gasteiger partial charge in [0.05, 0.1) is 0 Å². The number of rotatable bonds is 6. The van der Waals surface area contributed by atoms with Crippen LogP contribution in [-0.4, -0.2) is 7.05 Å². The average molecular weight is 588 g/mol. The van der Waals surface area contributed by atoms with E-state index in [4.69, 9.17) is 0 Å². The Morgan fingerprint density at radius 1 is 0.304 bits per heavy atom. The molecule has 0 amide bonds. The molecule has 0 aliphatic rings. The lowest BCUT2D eigenvalue weighted by Crippen LogP contribution is -2.08. The molecule has 0 radical (unpaired) electrons. The lowest BCUT2D eigenvalue weighted by atomic mass is 10.0. The first-order valence-electron chi connectivity index (χ1n) is 15.8. The molecule has 8 aromatic carbocycles. The number of fused-ring (bicyclic) bond motifs is 4. The quantitative estimate of drug-likeness (QED) is 0.138. The van der Waals surface area contributed by atoms with Crippen LogP contribution in [0.2, 0.25) is 0 Å². The number of nitrogens with zero attached hydrogens (tertiary/aromatic N) is 1. The fourth-order valence-corrected chi connectivity index (χ4v) is 6.28. The van der Waals surface area contributed by atoms with Gasteiger partial charge in [-0.3, -0.25) is 0 Å². The summed E-state index contributed by atoms with van der Waals surface area (Å²) in [5, 5.41) is 10.2. The van der Waals surface area contributed by atoms with Gasteiger partial charge >= 0.3 is 0 Å². The smallest absolute Gasteiger partial charge is 0.0408 e. The minimum Gasteiger partial charge on any atom is -0.345 e. The SMILES string of the molecule is CN(c1ccc(/C=C/c2ccc3cc4ccccc4cc3c2)cc1)c1ccc(/C=C/c2ccc3cc4ccccc4cc3c2)cc1. The summed E-state index contributed by atoms with van der Waals surface area (Å²) in [6.07, 6.45) is 8.76. The monoisotopic (exact) mass is 587 g/mol. The van der Waals surface area contributed by atoms with E-state index >= 15 is 0 Å². The van der Waals surface area contributed by atoms with Gasteiger partial charge in [-0.25, -0.2) is 0 Å². The second-order valence-electron chi connectivity index (χ2n) is 12.0. The molecule has 218 valence electrons. The molecular formula is C45H33N. The Balaban J connectivity index is 0.937. The van der Waals surface area contributed by atoms with Gasteiger partial charge in [0.2, 0.25) is 0 Å². The largest absolute Gasteiger partial charge is 0.345 e. The van der Waals surface area contributed by atoms with E-state index in [1.807, 2.05) is 0 Å². The summed E-state index contributed by atoms with van der Waals surface area (Å²) in [4.78, 5) is 2.22. The van der Waals surface area contributed by atoms with E-state index < -0.39 is 0 Å². The molecule has 0 spiro atoms. The lowest BCUT2D eigenvalue weighted by molar-refractivity contribution is 1.21. The van der Waals surface area contributed by atoms with Gasteiger partial charge in [-0.1, -0.05) is 121 Å². The van der Waals surface area contributed by atoms with Gasteiger partial charge in [0.25, 0.3) is 0 Å². The normalized spacial score (nSPS) is 11.8. The Bertz CT molecular complexity index is 2240. The minimum absolute atomic E-state index is 1.15. The number of hydrogen-bond donors (Lipinski definition) is 0. The number of anilines is 2. The average Bonchev–Trinajstić information content (AvgIpc) is 3.11. The predicted molar refractivity (Wildman–Crippen MR) is 202 cm³/mol. The summed E-state index contributed by atoms with van der Waals surface area (Å²) in [6.45, 7) is 0. The van der Waals surface area contributed by atoms with Crippen LogP contribution >= 0.6 is 0 Å². The summed E-state index contributed by atoms with van der Waals surface area (Å²) in [5.74, 6) is 0. The summed E-state index contributed by atoms with van der Waals surface area (Å²) in [5.41, 5.74) is 7.07. The highest BCUT2D eigenvalue weighted by Gasteiger charge is 2.05. The maximum Gasteiger partial charge on any atom is 0.0408 e. The van der Waals surface area contributed by atoms with Crippen LogP contribution in [0.4, 0.5) is 11.4 Å². The molecule has 1 heteroatoms. The van der Waals surface area contributed by atoms with Gasteiger partial charge < -0.3 is 4.90 Å². The molecule has 8 rings (SSSR count). The first kappa shape index (κ1) is 27.6. The molecular weight excluding hydrogens is 555 g/mol. The third kappa shape index (κ3) is 5.67. The fourth-order valence-electron chi connectivity index (χ4n) is 6.28. The van der Waals surface area contributed by atoms with E-state index in [9.17, 15) is 0 Å². The van der Waals surface area contributed by atoms with Crippen molar-refractivity contribution in [3.63, 3.8) is 0 Å². The molecule has 0 saturated carbocycles. The third-order valence-corrected chi connectivity index (χ3v) is 8.95. The van der Waals surface area contributed by atoms with E-state index in [0.29, 0.717) is 0 Å². The van der Waals surface area contributed by atoms with Gasteiger partial charge in [0, 0.05) is 18.4 Å². The zero-order valence-corrected chi connectivity index (χ0v) is 25.8. The molecule has 0 aliphatic heterocycles. The molecule has 0 N–H and O–H groups in total. The Labute approximate surface area is 270 Å². The zero-order chi connectivity index (χ0) is 30.9. The van der Waals surface area contributed by atoms with E-state index in [2.05, 4.69) is 194 Å². The Morgan fingerprint density at radius 2 is 0.609 bits per heavy atom. The predicted octanol–water partition coefficient (Wildman–Crippen LogP) is 12.4. The zero-order valence-electron chi connectivity index (χ0n) is 25.8. The molecule has 0 aromatic heterocycles. The van der Waals surface area contributed by atoms with Crippen LogP contribution in [0.15, 0.2) is 158 Å². The van der Waals surface area contributed by atoms with Crippen LogP contribution in [0.1, 0.15) is 22.3 Å². The topological polar surface area (TPSA) is 3.24 Å². The third-order valence-electron chi connectivity index (χ3n) is 8.95. The first-order chi connectivity index (χ1) is 22.6. The summed E-state index contributed by atoms with van der Waals surface area (Å²) in [7, 11) is 2.12. The molecule has 0 atom stereocenters. The second kappa shape index (κ2) is 11.9. The van der Waals surface area contributed by atoms with E-state index in [0.717, 1.165) is 11.4 Å². The molecule has 8 aromatic rings. The van der Waals surface area contributed by atoms with Crippen molar-refractivity contribution >= 4 is 78.8 Å². The van der Waals surface area contributed by atoms with Crippen molar-refractivity contribution in [2.45, 2.75) is 0 Å².